The normalized spacial score (nSPS) is 19.9. The lowest BCUT2D eigenvalue weighted by Crippen LogP contribution is -2.31. The van der Waals surface area contributed by atoms with Gasteiger partial charge in [-0.15, -0.1) is 0 Å². The number of sulfone groups is 1. The van der Waals surface area contributed by atoms with Crippen LogP contribution in [0.2, 0.25) is 10.0 Å². The first kappa shape index (κ1) is 16.7. The van der Waals surface area contributed by atoms with Gasteiger partial charge in [0.05, 0.1) is 21.8 Å². The Labute approximate surface area is 134 Å². The van der Waals surface area contributed by atoms with Crippen LogP contribution in [0.5, 0.6) is 0 Å². The molecule has 1 aromatic carbocycles. The molecule has 1 heterocycles. The SMILES string of the molecule is CS(=O)(=O)C1CCN(CC(=O)Cc2ccc(Cl)c(Cl)c2)C1. The summed E-state index contributed by atoms with van der Waals surface area (Å²) in [6.45, 7) is 1.35. The Balaban J connectivity index is 1.89. The van der Waals surface area contributed by atoms with Gasteiger partial charge in [-0.1, -0.05) is 29.3 Å². The average molecular weight is 350 g/mol. The number of ketones is 1. The van der Waals surface area contributed by atoms with E-state index >= 15 is 0 Å². The van der Waals surface area contributed by atoms with Gasteiger partial charge in [0.2, 0.25) is 0 Å². The van der Waals surface area contributed by atoms with E-state index in [2.05, 4.69) is 0 Å². The van der Waals surface area contributed by atoms with Crippen LogP contribution in [0.4, 0.5) is 0 Å². The number of benzene rings is 1. The number of likely N-dealkylation sites (tertiary alicyclic amines) is 1. The number of halogens is 2. The number of carbonyl (C=O) groups is 1. The van der Waals surface area contributed by atoms with Gasteiger partial charge in [0.1, 0.15) is 0 Å². The second kappa shape index (κ2) is 6.65. The summed E-state index contributed by atoms with van der Waals surface area (Å²) in [4.78, 5) is 13.9. The summed E-state index contributed by atoms with van der Waals surface area (Å²) >= 11 is 11.7. The van der Waals surface area contributed by atoms with E-state index in [9.17, 15) is 13.2 Å². The molecule has 1 aliphatic rings. The van der Waals surface area contributed by atoms with Crippen LogP contribution in [-0.4, -0.2) is 50.2 Å². The lowest BCUT2D eigenvalue weighted by atomic mass is 10.1. The highest BCUT2D eigenvalue weighted by atomic mass is 35.5. The number of rotatable bonds is 5. The molecule has 21 heavy (non-hydrogen) atoms. The Morgan fingerprint density at radius 3 is 2.62 bits per heavy atom. The van der Waals surface area contributed by atoms with Gasteiger partial charge in [-0.3, -0.25) is 9.69 Å². The van der Waals surface area contributed by atoms with Gasteiger partial charge in [0, 0.05) is 19.2 Å². The third-order valence-electron chi connectivity index (χ3n) is 3.62. The summed E-state index contributed by atoms with van der Waals surface area (Å²) in [5.74, 6) is 0.0440. The van der Waals surface area contributed by atoms with E-state index in [4.69, 9.17) is 23.2 Å². The quantitative estimate of drug-likeness (QED) is 0.817. The zero-order valence-electron chi connectivity index (χ0n) is 11.7. The lowest BCUT2D eigenvalue weighted by molar-refractivity contribution is -0.119. The van der Waals surface area contributed by atoms with Crippen LogP contribution in [-0.2, 0) is 21.1 Å². The van der Waals surface area contributed by atoms with E-state index in [1.165, 1.54) is 6.26 Å². The van der Waals surface area contributed by atoms with E-state index in [-0.39, 0.29) is 24.0 Å². The Bertz CT molecular complexity index is 646. The highest BCUT2D eigenvalue weighted by molar-refractivity contribution is 7.91. The fourth-order valence-corrected chi connectivity index (χ4v) is 3.81. The molecule has 1 saturated heterocycles. The molecule has 0 spiro atoms. The summed E-state index contributed by atoms with van der Waals surface area (Å²) in [7, 11) is -3.03. The van der Waals surface area contributed by atoms with Crippen molar-refractivity contribution in [1.29, 1.82) is 0 Å². The van der Waals surface area contributed by atoms with E-state index in [1.54, 1.807) is 18.2 Å². The molecule has 7 heteroatoms. The van der Waals surface area contributed by atoms with Gasteiger partial charge >= 0.3 is 0 Å². The van der Waals surface area contributed by atoms with Crippen LogP contribution in [0, 0.1) is 0 Å². The zero-order valence-corrected chi connectivity index (χ0v) is 14.0. The third-order valence-corrected chi connectivity index (χ3v) is 5.95. The molecular formula is C14H17Cl2NO3S. The van der Waals surface area contributed by atoms with Gasteiger partial charge in [0.15, 0.2) is 15.6 Å². The Hall–Kier alpha value is -0.620. The maximum absolute atomic E-state index is 12.1. The van der Waals surface area contributed by atoms with E-state index in [0.717, 1.165) is 5.56 Å². The van der Waals surface area contributed by atoms with Crippen molar-refractivity contribution in [2.24, 2.45) is 0 Å². The summed E-state index contributed by atoms with van der Waals surface area (Å²) in [5, 5.41) is 0.541. The molecule has 1 aliphatic heterocycles. The molecule has 2 rings (SSSR count). The topological polar surface area (TPSA) is 54.5 Å². The van der Waals surface area contributed by atoms with Crippen molar-refractivity contribution in [3.63, 3.8) is 0 Å². The fourth-order valence-electron chi connectivity index (χ4n) is 2.47. The second-order valence-electron chi connectivity index (χ2n) is 5.44. The molecule has 116 valence electrons. The monoisotopic (exact) mass is 349 g/mol. The molecular weight excluding hydrogens is 333 g/mol. The van der Waals surface area contributed by atoms with Crippen LogP contribution in [0.3, 0.4) is 0 Å². The molecule has 0 N–H and O–H groups in total. The number of carbonyl (C=O) groups excluding carboxylic acids is 1. The maximum atomic E-state index is 12.1. The molecule has 0 aromatic heterocycles. The minimum Gasteiger partial charge on any atom is -0.298 e. The molecule has 0 amide bonds. The van der Waals surface area contributed by atoms with Gasteiger partial charge in [-0.25, -0.2) is 8.42 Å². The summed E-state index contributed by atoms with van der Waals surface area (Å²) in [6.07, 6.45) is 2.12. The fraction of sp³-hybridized carbons (Fsp3) is 0.500. The van der Waals surface area contributed by atoms with E-state index in [1.807, 2.05) is 4.90 Å². The van der Waals surface area contributed by atoms with Crippen molar-refractivity contribution < 1.29 is 13.2 Å². The van der Waals surface area contributed by atoms with Crippen LogP contribution in [0.25, 0.3) is 0 Å². The van der Waals surface area contributed by atoms with Crippen LogP contribution < -0.4 is 0 Å². The highest BCUT2D eigenvalue weighted by Gasteiger charge is 2.30. The van der Waals surface area contributed by atoms with Crippen LogP contribution in [0.15, 0.2) is 18.2 Å². The third kappa shape index (κ3) is 4.68. The highest BCUT2D eigenvalue weighted by Crippen LogP contribution is 2.23. The molecule has 0 aliphatic carbocycles. The molecule has 4 nitrogen and oxygen atoms in total. The summed E-state index contributed by atoms with van der Waals surface area (Å²) in [6, 6.07) is 5.13. The molecule has 1 unspecified atom stereocenters. The van der Waals surface area contributed by atoms with Crippen molar-refractivity contribution in [1.82, 2.24) is 4.90 Å². The molecule has 1 fully saturated rings. The molecule has 1 atom stereocenters. The van der Waals surface area contributed by atoms with Gasteiger partial charge < -0.3 is 0 Å². The average Bonchev–Trinajstić information content (AvgIpc) is 2.82. The first-order valence-electron chi connectivity index (χ1n) is 6.62. The van der Waals surface area contributed by atoms with Gasteiger partial charge in [-0.05, 0) is 30.7 Å². The number of nitrogens with zero attached hydrogens (tertiary/aromatic N) is 1. The maximum Gasteiger partial charge on any atom is 0.151 e. The number of Topliss-reactive ketones (excluding diaryl/α,β-unsaturated/α-hetero) is 1. The Kier molecular flexibility index (Phi) is 5.30. The standard InChI is InChI=1S/C14H17Cl2NO3S/c1-21(19,20)12-4-5-17(9-12)8-11(18)6-10-2-3-13(15)14(16)7-10/h2-3,7,12H,4-6,8-9H2,1H3. The molecule has 1 aromatic rings. The Morgan fingerprint density at radius 1 is 1.33 bits per heavy atom. The summed E-state index contributed by atoms with van der Waals surface area (Å²) in [5.41, 5.74) is 0.813. The zero-order chi connectivity index (χ0) is 15.6. The Morgan fingerprint density at radius 2 is 2.05 bits per heavy atom. The minimum absolute atomic E-state index is 0.0440. The predicted octanol–water partition coefficient (Wildman–Crippen LogP) is 2.22. The molecule has 0 radical (unpaired) electrons. The molecule has 0 saturated carbocycles. The lowest BCUT2D eigenvalue weighted by Gasteiger charge is -2.14. The van der Waals surface area contributed by atoms with Crippen molar-refractivity contribution in [2.45, 2.75) is 18.1 Å². The predicted molar refractivity (Wildman–Crippen MR) is 84.9 cm³/mol. The number of hydrogen-bond donors (Lipinski definition) is 0. The van der Waals surface area contributed by atoms with Crippen molar-refractivity contribution in [3.8, 4) is 0 Å². The minimum atomic E-state index is -3.03. The smallest absolute Gasteiger partial charge is 0.151 e. The number of hydrogen-bond acceptors (Lipinski definition) is 4. The largest absolute Gasteiger partial charge is 0.298 e. The van der Waals surface area contributed by atoms with Gasteiger partial charge in [-0.2, -0.15) is 0 Å². The van der Waals surface area contributed by atoms with Crippen LogP contribution >= 0.6 is 23.2 Å². The molecule has 0 bridgehead atoms. The van der Waals surface area contributed by atoms with E-state index < -0.39 is 9.84 Å². The first-order valence-corrected chi connectivity index (χ1v) is 9.33. The van der Waals surface area contributed by atoms with Gasteiger partial charge in [0.25, 0.3) is 0 Å². The van der Waals surface area contributed by atoms with E-state index in [0.29, 0.717) is 29.6 Å². The summed E-state index contributed by atoms with van der Waals surface area (Å²) < 4.78 is 23.0. The second-order valence-corrected chi connectivity index (χ2v) is 8.58. The van der Waals surface area contributed by atoms with Crippen molar-refractivity contribution in [3.05, 3.63) is 33.8 Å². The van der Waals surface area contributed by atoms with Crippen molar-refractivity contribution >= 4 is 38.8 Å². The first-order chi connectivity index (χ1) is 9.75. The van der Waals surface area contributed by atoms with Crippen LogP contribution in [0.1, 0.15) is 12.0 Å². The van der Waals surface area contributed by atoms with Crippen molar-refractivity contribution in [2.75, 3.05) is 25.9 Å².